The molecule has 2 aliphatic rings. The molecule has 31 heavy (non-hydrogen) atoms. The van der Waals surface area contributed by atoms with Crippen molar-refractivity contribution in [2.24, 2.45) is 11.8 Å². The van der Waals surface area contributed by atoms with Gasteiger partial charge < -0.3 is 15.3 Å². The van der Waals surface area contributed by atoms with Gasteiger partial charge in [0.05, 0.1) is 23.6 Å². The van der Waals surface area contributed by atoms with Gasteiger partial charge in [0, 0.05) is 31.3 Å². The number of rotatable bonds is 5. The first-order valence-electron chi connectivity index (χ1n) is 11.0. The molecule has 2 amide bonds. The lowest BCUT2D eigenvalue weighted by Gasteiger charge is -2.40. The standard InChI is InChI=1S/C23H31N5O3/c1-15(2)8-22(29)28-16(3)12-27(23(30)31)21-9-18(4-5-20(21)28)19-11-25-26(14-19)13-17-6-7-24-10-17/h4-5,9,11,14-17,24H,6-8,10,12-13H2,1-3H3,(H,30,31)/t16-,17-/m0/s1. The highest BCUT2D eigenvalue weighted by Crippen LogP contribution is 2.39. The van der Waals surface area contributed by atoms with E-state index in [1.54, 1.807) is 4.90 Å². The van der Waals surface area contributed by atoms with Gasteiger partial charge in [-0.25, -0.2) is 4.79 Å². The van der Waals surface area contributed by atoms with Crippen LogP contribution in [0.25, 0.3) is 11.1 Å². The second-order valence-electron chi connectivity index (χ2n) is 9.12. The van der Waals surface area contributed by atoms with Crippen molar-refractivity contribution in [2.45, 2.75) is 46.2 Å². The zero-order valence-electron chi connectivity index (χ0n) is 18.4. The molecular formula is C23H31N5O3. The zero-order chi connectivity index (χ0) is 22.1. The summed E-state index contributed by atoms with van der Waals surface area (Å²) in [7, 11) is 0. The van der Waals surface area contributed by atoms with Crippen molar-refractivity contribution in [3.63, 3.8) is 0 Å². The molecule has 8 nitrogen and oxygen atoms in total. The third kappa shape index (κ3) is 4.44. The van der Waals surface area contributed by atoms with E-state index >= 15 is 0 Å². The molecule has 3 heterocycles. The number of benzene rings is 1. The zero-order valence-corrected chi connectivity index (χ0v) is 18.4. The first-order chi connectivity index (χ1) is 14.8. The summed E-state index contributed by atoms with van der Waals surface area (Å²) in [5, 5.41) is 17.7. The van der Waals surface area contributed by atoms with E-state index in [9.17, 15) is 14.7 Å². The van der Waals surface area contributed by atoms with E-state index in [2.05, 4.69) is 10.4 Å². The number of amides is 2. The van der Waals surface area contributed by atoms with Gasteiger partial charge in [0.1, 0.15) is 0 Å². The van der Waals surface area contributed by atoms with Gasteiger partial charge in [-0.1, -0.05) is 19.9 Å². The summed E-state index contributed by atoms with van der Waals surface area (Å²) in [6.07, 6.45) is 4.41. The average molecular weight is 426 g/mol. The van der Waals surface area contributed by atoms with Crippen LogP contribution in [0.5, 0.6) is 0 Å². The number of carbonyl (C=O) groups excluding carboxylic acids is 1. The minimum Gasteiger partial charge on any atom is -0.465 e. The number of nitrogens with one attached hydrogen (secondary N) is 1. The SMILES string of the molecule is CC(C)CC(=O)N1c2ccc(-c3cnn(C[C@H]4CCNC4)c3)cc2N(C(=O)O)C[C@@H]1C. The van der Waals surface area contributed by atoms with Crippen LogP contribution in [0.1, 0.15) is 33.6 Å². The number of nitrogens with zero attached hydrogens (tertiary/aromatic N) is 4. The first-order valence-corrected chi connectivity index (χ1v) is 11.0. The first kappa shape index (κ1) is 21.4. The summed E-state index contributed by atoms with van der Waals surface area (Å²) in [6.45, 7) is 9.11. The molecule has 2 aliphatic heterocycles. The van der Waals surface area contributed by atoms with E-state index in [-0.39, 0.29) is 24.4 Å². The Balaban J connectivity index is 1.65. The highest BCUT2D eigenvalue weighted by Gasteiger charge is 2.35. The summed E-state index contributed by atoms with van der Waals surface area (Å²) in [5.41, 5.74) is 3.04. The van der Waals surface area contributed by atoms with Crippen LogP contribution in [-0.4, -0.2) is 52.6 Å². The summed E-state index contributed by atoms with van der Waals surface area (Å²) in [5.74, 6) is 0.848. The molecular weight excluding hydrogens is 394 g/mol. The highest BCUT2D eigenvalue weighted by molar-refractivity contribution is 6.03. The molecule has 8 heteroatoms. The van der Waals surface area contributed by atoms with Gasteiger partial charge in [-0.15, -0.1) is 0 Å². The van der Waals surface area contributed by atoms with Crippen molar-refractivity contribution in [3.05, 3.63) is 30.6 Å². The topological polar surface area (TPSA) is 90.7 Å². The lowest BCUT2D eigenvalue weighted by molar-refractivity contribution is -0.119. The molecule has 2 aromatic rings. The van der Waals surface area contributed by atoms with Gasteiger partial charge in [0.2, 0.25) is 5.91 Å². The third-order valence-corrected chi connectivity index (χ3v) is 6.07. The summed E-state index contributed by atoms with van der Waals surface area (Å²) < 4.78 is 1.96. The number of anilines is 2. The van der Waals surface area contributed by atoms with Crippen LogP contribution in [0.3, 0.4) is 0 Å². The number of fused-ring (bicyclic) bond motifs is 1. The maximum atomic E-state index is 12.9. The number of hydrogen-bond acceptors (Lipinski definition) is 4. The Morgan fingerprint density at radius 2 is 2.06 bits per heavy atom. The van der Waals surface area contributed by atoms with E-state index in [1.165, 1.54) is 4.90 Å². The van der Waals surface area contributed by atoms with Crippen molar-refractivity contribution >= 4 is 23.4 Å². The summed E-state index contributed by atoms with van der Waals surface area (Å²) >= 11 is 0. The fourth-order valence-electron chi connectivity index (χ4n) is 4.56. The Morgan fingerprint density at radius 1 is 1.26 bits per heavy atom. The molecule has 0 radical (unpaired) electrons. The van der Waals surface area contributed by atoms with Gasteiger partial charge in [-0.3, -0.25) is 14.4 Å². The van der Waals surface area contributed by atoms with Crippen LogP contribution in [0.2, 0.25) is 0 Å². The Morgan fingerprint density at radius 3 is 2.74 bits per heavy atom. The van der Waals surface area contributed by atoms with E-state index in [0.29, 0.717) is 23.7 Å². The molecule has 1 aromatic heterocycles. The molecule has 2 atom stereocenters. The largest absolute Gasteiger partial charge is 0.465 e. The van der Waals surface area contributed by atoms with Crippen molar-refractivity contribution in [2.75, 3.05) is 29.4 Å². The van der Waals surface area contributed by atoms with Crippen molar-refractivity contribution < 1.29 is 14.7 Å². The maximum Gasteiger partial charge on any atom is 0.411 e. The van der Waals surface area contributed by atoms with Crippen LogP contribution in [-0.2, 0) is 11.3 Å². The average Bonchev–Trinajstić information content (AvgIpc) is 3.38. The molecule has 0 aliphatic carbocycles. The molecule has 1 saturated heterocycles. The molecule has 1 fully saturated rings. The highest BCUT2D eigenvalue weighted by atomic mass is 16.4. The Bertz CT molecular complexity index is 964. The van der Waals surface area contributed by atoms with Gasteiger partial charge in [0.25, 0.3) is 0 Å². The molecule has 2 N–H and O–H groups in total. The van der Waals surface area contributed by atoms with Crippen LogP contribution < -0.4 is 15.1 Å². The summed E-state index contributed by atoms with van der Waals surface area (Å²) in [6, 6.07) is 5.46. The number of aromatic nitrogens is 2. The predicted molar refractivity (Wildman–Crippen MR) is 120 cm³/mol. The Hall–Kier alpha value is -2.87. The maximum absolute atomic E-state index is 12.9. The fraction of sp³-hybridized carbons (Fsp3) is 0.522. The fourth-order valence-corrected chi connectivity index (χ4v) is 4.56. The molecule has 0 bridgehead atoms. The van der Waals surface area contributed by atoms with Crippen LogP contribution in [0, 0.1) is 11.8 Å². The second-order valence-corrected chi connectivity index (χ2v) is 9.12. The lowest BCUT2D eigenvalue weighted by Crippen LogP contribution is -2.51. The molecule has 0 spiro atoms. The van der Waals surface area contributed by atoms with Gasteiger partial charge in [-0.2, -0.15) is 5.10 Å². The Labute approximate surface area is 182 Å². The van der Waals surface area contributed by atoms with Crippen LogP contribution >= 0.6 is 0 Å². The number of carboxylic acid groups (broad SMARTS) is 1. The third-order valence-electron chi connectivity index (χ3n) is 6.07. The van der Waals surface area contributed by atoms with E-state index < -0.39 is 6.09 Å². The predicted octanol–water partition coefficient (Wildman–Crippen LogP) is 3.43. The minimum absolute atomic E-state index is 0.0273. The molecule has 0 saturated carbocycles. The monoisotopic (exact) mass is 425 g/mol. The van der Waals surface area contributed by atoms with Crippen molar-refractivity contribution in [3.8, 4) is 11.1 Å². The van der Waals surface area contributed by atoms with E-state index in [4.69, 9.17) is 0 Å². The normalized spacial score (nSPS) is 20.9. The van der Waals surface area contributed by atoms with Gasteiger partial charge in [-0.05, 0) is 56.0 Å². The van der Waals surface area contributed by atoms with Gasteiger partial charge >= 0.3 is 6.09 Å². The van der Waals surface area contributed by atoms with Crippen LogP contribution in [0.15, 0.2) is 30.6 Å². The Kier molecular flexibility index (Phi) is 6.00. The molecule has 1 aromatic carbocycles. The molecule has 4 rings (SSSR count). The smallest absolute Gasteiger partial charge is 0.411 e. The van der Waals surface area contributed by atoms with Gasteiger partial charge in [0.15, 0.2) is 0 Å². The van der Waals surface area contributed by atoms with E-state index in [0.717, 1.165) is 37.2 Å². The quantitative estimate of drug-likeness (QED) is 0.766. The second kappa shape index (κ2) is 8.70. The van der Waals surface area contributed by atoms with Crippen molar-refractivity contribution in [1.29, 1.82) is 0 Å². The van der Waals surface area contributed by atoms with Crippen molar-refractivity contribution in [1.82, 2.24) is 15.1 Å². The lowest BCUT2D eigenvalue weighted by atomic mass is 10.0. The number of carbonyl (C=O) groups is 2. The van der Waals surface area contributed by atoms with E-state index in [1.807, 2.05) is 56.0 Å². The number of hydrogen-bond donors (Lipinski definition) is 2. The molecule has 166 valence electrons. The molecule has 0 unspecified atom stereocenters. The summed E-state index contributed by atoms with van der Waals surface area (Å²) in [4.78, 5) is 28.0. The minimum atomic E-state index is -1.01. The van der Waals surface area contributed by atoms with Crippen LogP contribution in [0.4, 0.5) is 16.2 Å².